The summed E-state index contributed by atoms with van der Waals surface area (Å²) in [6.07, 6.45) is 2.11. The van der Waals surface area contributed by atoms with E-state index in [9.17, 15) is 0 Å². The van der Waals surface area contributed by atoms with E-state index in [0.29, 0.717) is 12.5 Å². The monoisotopic (exact) mass is 280 g/mol. The van der Waals surface area contributed by atoms with Gasteiger partial charge in [0.15, 0.2) is 0 Å². The molecule has 0 saturated heterocycles. The lowest BCUT2D eigenvalue weighted by Crippen LogP contribution is -2.18. The van der Waals surface area contributed by atoms with Crippen molar-refractivity contribution in [2.75, 3.05) is 13.7 Å². The van der Waals surface area contributed by atoms with Gasteiger partial charge in [-0.3, -0.25) is 0 Å². The highest BCUT2D eigenvalue weighted by molar-refractivity contribution is 5.86. The van der Waals surface area contributed by atoms with Crippen molar-refractivity contribution in [2.45, 2.75) is 12.5 Å². The second kappa shape index (κ2) is 6.02. The van der Waals surface area contributed by atoms with Gasteiger partial charge in [-0.2, -0.15) is 0 Å². The third kappa shape index (κ3) is 2.65. The molecule has 3 heteroatoms. The first kappa shape index (κ1) is 13.7. The Hall–Kier alpha value is -2.26. The fraction of sp³-hybridized carbons (Fsp3) is 0.222. The van der Waals surface area contributed by atoms with Gasteiger partial charge in [-0.15, -0.1) is 0 Å². The molecule has 0 bridgehead atoms. The topological polar surface area (TPSA) is 40.2 Å². The molecule has 21 heavy (non-hydrogen) atoms. The average molecular weight is 280 g/mol. The highest BCUT2D eigenvalue weighted by Gasteiger charge is 2.12. The van der Waals surface area contributed by atoms with Crippen LogP contribution in [0.25, 0.3) is 10.9 Å². The second-order valence-corrected chi connectivity index (χ2v) is 5.20. The van der Waals surface area contributed by atoms with Crippen molar-refractivity contribution < 1.29 is 4.74 Å². The zero-order valence-electron chi connectivity index (χ0n) is 12.2. The van der Waals surface area contributed by atoms with E-state index < -0.39 is 0 Å². The summed E-state index contributed by atoms with van der Waals surface area (Å²) >= 11 is 0. The normalized spacial score (nSPS) is 12.5. The number of nitrogens with zero attached hydrogens (tertiary/aromatic N) is 1. The van der Waals surface area contributed by atoms with E-state index in [-0.39, 0.29) is 0 Å². The van der Waals surface area contributed by atoms with E-state index in [1.54, 1.807) is 7.11 Å². The molecule has 1 atom stereocenters. The third-order valence-corrected chi connectivity index (χ3v) is 3.97. The number of aromatic nitrogens is 1. The maximum atomic E-state index is 5.98. The van der Waals surface area contributed by atoms with Crippen molar-refractivity contribution in [1.82, 2.24) is 4.57 Å². The van der Waals surface area contributed by atoms with Crippen LogP contribution in [-0.4, -0.2) is 18.2 Å². The molecule has 0 aliphatic carbocycles. The van der Waals surface area contributed by atoms with Gasteiger partial charge in [-0.05, 0) is 23.8 Å². The first-order valence-corrected chi connectivity index (χ1v) is 7.20. The van der Waals surface area contributed by atoms with Crippen LogP contribution >= 0.6 is 0 Å². The highest BCUT2D eigenvalue weighted by Crippen LogP contribution is 2.28. The first-order valence-electron chi connectivity index (χ1n) is 7.20. The van der Waals surface area contributed by atoms with Crippen LogP contribution < -0.4 is 10.5 Å². The number of methoxy groups -OCH3 is 1. The van der Waals surface area contributed by atoms with Crippen LogP contribution in [0.5, 0.6) is 5.75 Å². The average Bonchev–Trinajstić information content (AvgIpc) is 2.96. The van der Waals surface area contributed by atoms with Crippen LogP contribution in [0.3, 0.4) is 0 Å². The van der Waals surface area contributed by atoms with Crippen LogP contribution in [0.4, 0.5) is 0 Å². The molecule has 2 aromatic carbocycles. The molecule has 1 unspecified atom stereocenters. The summed E-state index contributed by atoms with van der Waals surface area (Å²) in [6, 6.07) is 18.7. The van der Waals surface area contributed by atoms with Crippen molar-refractivity contribution in [3.05, 3.63) is 66.4 Å². The Labute approximate surface area is 125 Å². The number of benzene rings is 2. The summed E-state index contributed by atoms with van der Waals surface area (Å²) in [4.78, 5) is 0. The molecular weight excluding hydrogens is 260 g/mol. The smallest absolute Gasteiger partial charge is 0.128 e. The van der Waals surface area contributed by atoms with E-state index in [1.807, 2.05) is 18.2 Å². The summed E-state index contributed by atoms with van der Waals surface area (Å²) in [5.74, 6) is 1.23. The molecule has 0 saturated carbocycles. The van der Waals surface area contributed by atoms with E-state index in [1.165, 1.54) is 11.1 Å². The van der Waals surface area contributed by atoms with Gasteiger partial charge in [0.2, 0.25) is 0 Å². The zero-order chi connectivity index (χ0) is 14.7. The van der Waals surface area contributed by atoms with Crippen LogP contribution in [0.15, 0.2) is 60.8 Å². The van der Waals surface area contributed by atoms with Crippen molar-refractivity contribution >= 4 is 10.9 Å². The molecule has 0 spiro atoms. The second-order valence-electron chi connectivity index (χ2n) is 5.20. The molecule has 0 fully saturated rings. The Kier molecular flexibility index (Phi) is 3.93. The Bertz CT molecular complexity index is 718. The summed E-state index contributed by atoms with van der Waals surface area (Å²) in [5.41, 5.74) is 8.45. The van der Waals surface area contributed by atoms with Crippen LogP contribution in [0.2, 0.25) is 0 Å². The Morgan fingerprint density at radius 1 is 1.05 bits per heavy atom. The maximum absolute atomic E-state index is 5.98. The summed E-state index contributed by atoms with van der Waals surface area (Å²) in [6.45, 7) is 1.50. The number of rotatable bonds is 5. The quantitative estimate of drug-likeness (QED) is 0.778. The minimum atomic E-state index is 0.313. The van der Waals surface area contributed by atoms with Crippen LogP contribution in [-0.2, 0) is 6.54 Å². The number of nitrogens with two attached hydrogens (primary N) is 1. The van der Waals surface area contributed by atoms with Crippen LogP contribution in [0.1, 0.15) is 11.5 Å². The van der Waals surface area contributed by atoms with Crippen molar-refractivity contribution in [3.8, 4) is 5.75 Å². The predicted molar refractivity (Wildman–Crippen MR) is 86.7 cm³/mol. The predicted octanol–water partition coefficient (Wildman–Crippen LogP) is 3.39. The van der Waals surface area contributed by atoms with Gasteiger partial charge in [0.25, 0.3) is 0 Å². The number of fused-ring (bicyclic) bond motifs is 1. The van der Waals surface area contributed by atoms with Gasteiger partial charge in [-0.1, -0.05) is 36.4 Å². The molecule has 2 N–H and O–H groups in total. The first-order chi connectivity index (χ1) is 10.3. The van der Waals surface area contributed by atoms with Crippen molar-refractivity contribution in [2.24, 2.45) is 5.73 Å². The summed E-state index contributed by atoms with van der Waals surface area (Å²) in [7, 11) is 1.71. The molecule has 1 heterocycles. The molecular formula is C18H20N2O. The van der Waals surface area contributed by atoms with E-state index in [4.69, 9.17) is 10.5 Å². The van der Waals surface area contributed by atoms with Gasteiger partial charge in [0.1, 0.15) is 5.75 Å². The minimum absolute atomic E-state index is 0.313. The van der Waals surface area contributed by atoms with Crippen molar-refractivity contribution in [1.29, 1.82) is 0 Å². The Morgan fingerprint density at radius 2 is 1.86 bits per heavy atom. The minimum Gasteiger partial charge on any atom is -0.496 e. The van der Waals surface area contributed by atoms with Gasteiger partial charge >= 0.3 is 0 Å². The molecule has 0 amide bonds. The van der Waals surface area contributed by atoms with E-state index >= 15 is 0 Å². The molecule has 1 aromatic heterocycles. The van der Waals surface area contributed by atoms with E-state index in [2.05, 4.69) is 47.2 Å². The molecule has 3 nitrogen and oxygen atoms in total. The van der Waals surface area contributed by atoms with Gasteiger partial charge < -0.3 is 15.0 Å². The lowest BCUT2D eigenvalue weighted by atomic mass is 9.99. The molecule has 3 aromatic rings. The lowest BCUT2D eigenvalue weighted by molar-refractivity contribution is 0.420. The standard InChI is InChI=1S/C18H20N2O/c1-21-18-9-5-8-17-16(18)10-11-20(17)13-15(12-19)14-6-3-2-4-7-14/h2-11,15H,12-13,19H2,1H3. The fourth-order valence-corrected chi connectivity index (χ4v) is 2.81. The molecule has 0 aliphatic rings. The lowest BCUT2D eigenvalue weighted by Gasteiger charge is -2.17. The number of hydrogen-bond donors (Lipinski definition) is 1. The van der Waals surface area contributed by atoms with Crippen molar-refractivity contribution in [3.63, 3.8) is 0 Å². The van der Waals surface area contributed by atoms with Gasteiger partial charge in [-0.25, -0.2) is 0 Å². The third-order valence-electron chi connectivity index (χ3n) is 3.97. The Morgan fingerprint density at radius 3 is 2.57 bits per heavy atom. The molecule has 108 valence electrons. The summed E-state index contributed by atoms with van der Waals surface area (Å²) < 4.78 is 7.67. The zero-order valence-corrected chi connectivity index (χ0v) is 12.2. The van der Waals surface area contributed by atoms with E-state index in [0.717, 1.165) is 17.7 Å². The van der Waals surface area contributed by atoms with Crippen LogP contribution in [0, 0.1) is 0 Å². The largest absolute Gasteiger partial charge is 0.496 e. The Balaban J connectivity index is 1.94. The fourth-order valence-electron chi connectivity index (χ4n) is 2.81. The van der Waals surface area contributed by atoms with Gasteiger partial charge in [0, 0.05) is 30.6 Å². The maximum Gasteiger partial charge on any atom is 0.128 e. The molecule has 3 rings (SSSR count). The van der Waals surface area contributed by atoms with Gasteiger partial charge in [0.05, 0.1) is 12.6 Å². The SMILES string of the molecule is COc1cccc2c1ccn2CC(CN)c1ccccc1. The molecule has 0 radical (unpaired) electrons. The number of ether oxygens (including phenoxy) is 1. The number of hydrogen-bond acceptors (Lipinski definition) is 2. The highest BCUT2D eigenvalue weighted by atomic mass is 16.5. The molecule has 0 aliphatic heterocycles. The summed E-state index contributed by atoms with van der Waals surface area (Å²) in [5, 5.41) is 1.14.